The van der Waals surface area contributed by atoms with Gasteiger partial charge in [-0.25, -0.2) is 9.78 Å². The summed E-state index contributed by atoms with van der Waals surface area (Å²) in [5.41, 5.74) is 2.84. The molecule has 3 N–H and O–H groups in total. The Hall–Kier alpha value is -2.93. The molecule has 0 aliphatic carbocycles. The van der Waals surface area contributed by atoms with Crippen LogP contribution in [0.3, 0.4) is 0 Å². The Bertz CT molecular complexity index is 926. The summed E-state index contributed by atoms with van der Waals surface area (Å²) in [6, 6.07) is 9.34. The first-order valence-corrected chi connectivity index (χ1v) is 7.65. The van der Waals surface area contributed by atoms with E-state index in [9.17, 15) is 9.59 Å². The van der Waals surface area contributed by atoms with Gasteiger partial charge in [-0.3, -0.25) is 9.78 Å². The van der Waals surface area contributed by atoms with E-state index in [0.717, 1.165) is 24.2 Å². The number of benzene rings is 1. The number of carbonyl (C=O) groups is 1. The van der Waals surface area contributed by atoms with Gasteiger partial charge in [0, 0.05) is 18.4 Å². The quantitative estimate of drug-likeness (QED) is 0.664. The fourth-order valence-corrected chi connectivity index (χ4v) is 2.44. The van der Waals surface area contributed by atoms with E-state index in [2.05, 4.69) is 25.2 Å². The van der Waals surface area contributed by atoms with Gasteiger partial charge in [0.25, 0.3) is 5.91 Å². The second-order valence-corrected chi connectivity index (χ2v) is 5.86. The number of carbonyl (C=O) groups excluding carboxylic acids is 1. The number of H-pyrrole nitrogens is 2. The molecule has 0 spiro atoms. The second-order valence-electron chi connectivity index (χ2n) is 5.86. The second kappa shape index (κ2) is 6.67. The number of nitrogens with one attached hydrogen (secondary N) is 3. The van der Waals surface area contributed by atoms with Crippen molar-refractivity contribution in [2.75, 3.05) is 26.0 Å². The number of imidazole rings is 1. The minimum Gasteiger partial charge on any atom is -0.322 e. The van der Waals surface area contributed by atoms with Gasteiger partial charge in [-0.1, -0.05) is 18.2 Å². The SMILES string of the molecule is CN(C)CCc1ccccc1NC(=O)c1cnc2[nH]c(=O)[nH]c2c1. The Balaban J connectivity index is 1.81. The van der Waals surface area contributed by atoms with E-state index in [-0.39, 0.29) is 11.6 Å². The van der Waals surface area contributed by atoms with E-state index in [1.807, 2.05) is 38.4 Å². The molecule has 0 radical (unpaired) electrons. The van der Waals surface area contributed by atoms with Crippen molar-refractivity contribution in [2.45, 2.75) is 6.42 Å². The van der Waals surface area contributed by atoms with Crippen LogP contribution >= 0.6 is 0 Å². The number of fused-ring (bicyclic) bond motifs is 1. The molecule has 0 fully saturated rings. The lowest BCUT2D eigenvalue weighted by atomic mass is 10.1. The molecule has 24 heavy (non-hydrogen) atoms. The van der Waals surface area contributed by atoms with Gasteiger partial charge in [0.05, 0.1) is 11.1 Å². The molecule has 0 bridgehead atoms. The summed E-state index contributed by atoms with van der Waals surface area (Å²) in [4.78, 5) is 35.1. The van der Waals surface area contributed by atoms with Crippen LogP contribution in [0.15, 0.2) is 41.3 Å². The van der Waals surface area contributed by atoms with Crippen molar-refractivity contribution in [3.05, 3.63) is 58.1 Å². The Morgan fingerprint density at radius 1 is 1.25 bits per heavy atom. The van der Waals surface area contributed by atoms with Crippen LogP contribution in [-0.4, -0.2) is 46.4 Å². The van der Waals surface area contributed by atoms with Crippen molar-refractivity contribution >= 4 is 22.8 Å². The highest BCUT2D eigenvalue weighted by atomic mass is 16.2. The molecule has 0 atom stereocenters. The molecule has 0 aliphatic rings. The summed E-state index contributed by atoms with van der Waals surface area (Å²) in [6.07, 6.45) is 2.29. The standard InChI is InChI=1S/C17H19N5O2/c1-22(2)8-7-11-5-3-4-6-13(11)19-16(23)12-9-14-15(18-10-12)21-17(24)20-14/h3-6,9-10H,7-8H2,1-2H3,(H,19,23)(H2,18,20,21,24). The van der Waals surface area contributed by atoms with E-state index in [1.54, 1.807) is 6.07 Å². The van der Waals surface area contributed by atoms with Crippen LogP contribution in [0.1, 0.15) is 15.9 Å². The van der Waals surface area contributed by atoms with Crippen LogP contribution < -0.4 is 11.0 Å². The van der Waals surface area contributed by atoms with E-state index in [4.69, 9.17) is 0 Å². The summed E-state index contributed by atoms with van der Waals surface area (Å²) in [6.45, 7) is 0.894. The van der Waals surface area contributed by atoms with E-state index < -0.39 is 0 Å². The maximum atomic E-state index is 12.5. The monoisotopic (exact) mass is 325 g/mol. The zero-order valence-electron chi connectivity index (χ0n) is 13.6. The van der Waals surface area contributed by atoms with E-state index in [1.165, 1.54) is 6.20 Å². The molecule has 1 aromatic carbocycles. The fourth-order valence-electron chi connectivity index (χ4n) is 2.44. The van der Waals surface area contributed by atoms with Crippen molar-refractivity contribution < 1.29 is 4.79 Å². The third-order valence-corrected chi connectivity index (χ3v) is 3.72. The number of aromatic amines is 2. The van der Waals surface area contributed by atoms with Crippen LogP contribution in [0.25, 0.3) is 11.2 Å². The van der Waals surface area contributed by atoms with Gasteiger partial charge >= 0.3 is 5.69 Å². The van der Waals surface area contributed by atoms with Crippen LogP contribution in [0, 0.1) is 0 Å². The van der Waals surface area contributed by atoms with Crippen molar-refractivity contribution in [3.63, 3.8) is 0 Å². The number of likely N-dealkylation sites (N-methyl/N-ethyl adjacent to an activating group) is 1. The average molecular weight is 325 g/mol. The molecule has 1 amide bonds. The largest absolute Gasteiger partial charge is 0.325 e. The van der Waals surface area contributed by atoms with Crippen molar-refractivity contribution in [1.82, 2.24) is 19.9 Å². The first-order valence-electron chi connectivity index (χ1n) is 7.65. The summed E-state index contributed by atoms with van der Waals surface area (Å²) < 4.78 is 0. The Labute approximate surface area is 138 Å². The molecular formula is C17H19N5O2. The maximum Gasteiger partial charge on any atom is 0.325 e. The van der Waals surface area contributed by atoms with E-state index >= 15 is 0 Å². The minimum atomic E-state index is -0.343. The van der Waals surface area contributed by atoms with Gasteiger partial charge in [-0.05, 0) is 38.2 Å². The lowest BCUT2D eigenvalue weighted by molar-refractivity contribution is 0.102. The number of hydrogen-bond acceptors (Lipinski definition) is 4. The topological polar surface area (TPSA) is 93.9 Å². The average Bonchev–Trinajstić information content (AvgIpc) is 2.93. The number of nitrogens with zero attached hydrogens (tertiary/aromatic N) is 2. The first-order chi connectivity index (χ1) is 11.5. The highest BCUT2D eigenvalue weighted by Crippen LogP contribution is 2.17. The van der Waals surface area contributed by atoms with Crippen molar-refractivity contribution in [2.24, 2.45) is 0 Å². The summed E-state index contributed by atoms with van der Waals surface area (Å²) in [5.74, 6) is -0.260. The first kappa shape index (κ1) is 15.9. The zero-order valence-corrected chi connectivity index (χ0v) is 13.6. The molecule has 2 aromatic heterocycles. The smallest absolute Gasteiger partial charge is 0.322 e. The normalized spacial score (nSPS) is 11.1. The number of aromatic nitrogens is 3. The van der Waals surface area contributed by atoms with Gasteiger partial charge in [-0.2, -0.15) is 0 Å². The van der Waals surface area contributed by atoms with Crippen molar-refractivity contribution in [1.29, 1.82) is 0 Å². The predicted octanol–water partition coefficient (Wildman–Crippen LogP) is 1.61. The Morgan fingerprint density at radius 2 is 2.04 bits per heavy atom. The van der Waals surface area contributed by atoms with Gasteiger partial charge < -0.3 is 15.2 Å². The highest BCUT2D eigenvalue weighted by Gasteiger charge is 2.11. The number of rotatable bonds is 5. The van der Waals surface area contributed by atoms with Gasteiger partial charge in [0.15, 0.2) is 5.65 Å². The number of anilines is 1. The molecule has 0 saturated carbocycles. The number of pyridine rings is 1. The van der Waals surface area contributed by atoms with Gasteiger partial charge in [-0.15, -0.1) is 0 Å². The van der Waals surface area contributed by atoms with E-state index in [0.29, 0.717) is 16.7 Å². The summed E-state index contributed by atoms with van der Waals surface area (Å²) in [7, 11) is 4.03. The molecule has 0 aliphatic heterocycles. The summed E-state index contributed by atoms with van der Waals surface area (Å²) in [5, 5.41) is 2.92. The number of amides is 1. The van der Waals surface area contributed by atoms with Crippen molar-refractivity contribution in [3.8, 4) is 0 Å². The molecule has 0 saturated heterocycles. The Kier molecular flexibility index (Phi) is 4.43. The molecule has 3 rings (SSSR count). The van der Waals surface area contributed by atoms with Crippen LogP contribution in [0.2, 0.25) is 0 Å². The number of hydrogen-bond donors (Lipinski definition) is 3. The maximum absolute atomic E-state index is 12.5. The van der Waals surface area contributed by atoms with Gasteiger partial charge in [0.2, 0.25) is 0 Å². The molecule has 7 heteroatoms. The minimum absolute atomic E-state index is 0.260. The third kappa shape index (κ3) is 3.52. The lowest BCUT2D eigenvalue weighted by Gasteiger charge is -2.13. The third-order valence-electron chi connectivity index (χ3n) is 3.72. The van der Waals surface area contributed by atoms with Crippen LogP contribution in [0.4, 0.5) is 5.69 Å². The summed E-state index contributed by atoms with van der Waals surface area (Å²) >= 11 is 0. The lowest BCUT2D eigenvalue weighted by Crippen LogP contribution is -2.17. The Morgan fingerprint density at radius 3 is 2.83 bits per heavy atom. The van der Waals surface area contributed by atoms with Crippen LogP contribution in [-0.2, 0) is 6.42 Å². The zero-order chi connectivity index (χ0) is 17.1. The molecule has 2 heterocycles. The molecule has 3 aromatic rings. The predicted molar refractivity (Wildman–Crippen MR) is 93.4 cm³/mol. The van der Waals surface area contributed by atoms with Gasteiger partial charge in [0.1, 0.15) is 0 Å². The highest BCUT2D eigenvalue weighted by molar-refractivity contribution is 6.05. The fraction of sp³-hybridized carbons (Fsp3) is 0.235. The molecule has 0 unspecified atom stereocenters. The molecule has 124 valence electrons. The molecular weight excluding hydrogens is 306 g/mol. The van der Waals surface area contributed by atoms with Crippen LogP contribution in [0.5, 0.6) is 0 Å². The molecule has 7 nitrogen and oxygen atoms in total. The number of para-hydroxylation sites is 1.